The van der Waals surface area contributed by atoms with E-state index in [-0.39, 0.29) is 23.6 Å². The molecule has 1 fully saturated rings. The average molecular weight is 310 g/mol. The third-order valence-corrected chi connectivity index (χ3v) is 3.39. The van der Waals surface area contributed by atoms with E-state index in [1.807, 2.05) is 0 Å². The SMILES string of the molecule is O=C(Nc1cnn(COc2ccc(F)cc2Cl)c1)C1CC1. The maximum absolute atomic E-state index is 12.9. The maximum Gasteiger partial charge on any atom is 0.227 e. The minimum atomic E-state index is -0.420. The van der Waals surface area contributed by atoms with Crippen molar-refractivity contribution in [3.05, 3.63) is 41.4 Å². The normalized spacial score (nSPS) is 14.0. The Morgan fingerprint density at radius 2 is 2.33 bits per heavy atom. The van der Waals surface area contributed by atoms with Gasteiger partial charge in [0.25, 0.3) is 0 Å². The van der Waals surface area contributed by atoms with Gasteiger partial charge < -0.3 is 10.1 Å². The number of nitrogens with one attached hydrogen (secondary N) is 1. The molecule has 1 amide bonds. The lowest BCUT2D eigenvalue weighted by Gasteiger charge is -2.07. The Hall–Kier alpha value is -2.08. The molecule has 0 aliphatic heterocycles. The van der Waals surface area contributed by atoms with Gasteiger partial charge in [-0.05, 0) is 31.0 Å². The molecule has 0 unspecified atom stereocenters. The Morgan fingerprint density at radius 1 is 1.52 bits per heavy atom. The highest BCUT2D eigenvalue weighted by Crippen LogP contribution is 2.30. The van der Waals surface area contributed by atoms with Gasteiger partial charge in [-0.25, -0.2) is 9.07 Å². The first-order valence-corrected chi connectivity index (χ1v) is 6.91. The summed E-state index contributed by atoms with van der Waals surface area (Å²) in [6.07, 6.45) is 5.12. The zero-order valence-electron chi connectivity index (χ0n) is 11.1. The van der Waals surface area contributed by atoms with Crippen LogP contribution in [0.5, 0.6) is 5.75 Å². The first-order valence-electron chi connectivity index (χ1n) is 6.53. The van der Waals surface area contributed by atoms with E-state index in [1.165, 1.54) is 22.9 Å². The number of carbonyl (C=O) groups is 1. The van der Waals surface area contributed by atoms with Gasteiger partial charge in [-0.2, -0.15) is 5.10 Å². The number of anilines is 1. The Balaban J connectivity index is 1.57. The highest BCUT2D eigenvalue weighted by Gasteiger charge is 2.29. The van der Waals surface area contributed by atoms with Crippen LogP contribution in [0.1, 0.15) is 12.8 Å². The number of carbonyl (C=O) groups excluding carboxylic acids is 1. The van der Waals surface area contributed by atoms with E-state index in [4.69, 9.17) is 16.3 Å². The number of ether oxygens (including phenoxy) is 1. The van der Waals surface area contributed by atoms with Crippen LogP contribution in [0.2, 0.25) is 5.02 Å². The molecule has 2 aromatic rings. The minimum Gasteiger partial charge on any atom is -0.470 e. The molecule has 0 saturated heterocycles. The summed E-state index contributed by atoms with van der Waals surface area (Å²) < 4.78 is 19.9. The number of halogens is 2. The van der Waals surface area contributed by atoms with E-state index in [9.17, 15) is 9.18 Å². The van der Waals surface area contributed by atoms with Crippen molar-refractivity contribution in [1.29, 1.82) is 0 Å². The number of hydrogen-bond acceptors (Lipinski definition) is 3. The number of aromatic nitrogens is 2. The molecular weight excluding hydrogens is 297 g/mol. The van der Waals surface area contributed by atoms with Crippen LogP contribution in [-0.4, -0.2) is 15.7 Å². The second-order valence-corrected chi connectivity index (χ2v) is 5.29. The van der Waals surface area contributed by atoms with Crippen LogP contribution >= 0.6 is 11.6 Å². The Morgan fingerprint density at radius 3 is 3.05 bits per heavy atom. The van der Waals surface area contributed by atoms with Crippen molar-refractivity contribution in [2.24, 2.45) is 5.92 Å². The topological polar surface area (TPSA) is 56.2 Å². The summed E-state index contributed by atoms with van der Waals surface area (Å²) in [5.41, 5.74) is 0.626. The van der Waals surface area contributed by atoms with E-state index in [2.05, 4.69) is 10.4 Å². The van der Waals surface area contributed by atoms with Crippen molar-refractivity contribution in [1.82, 2.24) is 9.78 Å². The van der Waals surface area contributed by atoms with Gasteiger partial charge in [-0.15, -0.1) is 0 Å². The van der Waals surface area contributed by atoms with E-state index in [1.54, 1.807) is 12.4 Å². The highest BCUT2D eigenvalue weighted by molar-refractivity contribution is 6.32. The first-order chi connectivity index (χ1) is 10.1. The smallest absolute Gasteiger partial charge is 0.227 e. The van der Waals surface area contributed by atoms with Gasteiger partial charge in [-0.1, -0.05) is 11.6 Å². The van der Waals surface area contributed by atoms with Crippen molar-refractivity contribution in [2.75, 3.05) is 5.32 Å². The van der Waals surface area contributed by atoms with Crippen LogP contribution in [0, 0.1) is 11.7 Å². The van der Waals surface area contributed by atoms with E-state index >= 15 is 0 Å². The van der Waals surface area contributed by atoms with Crippen LogP contribution in [0.4, 0.5) is 10.1 Å². The molecule has 1 aliphatic rings. The van der Waals surface area contributed by atoms with Crippen molar-refractivity contribution in [3.63, 3.8) is 0 Å². The molecule has 1 N–H and O–H groups in total. The predicted molar refractivity (Wildman–Crippen MR) is 75.6 cm³/mol. The van der Waals surface area contributed by atoms with Crippen molar-refractivity contribution in [3.8, 4) is 5.75 Å². The molecule has 0 atom stereocenters. The fourth-order valence-electron chi connectivity index (χ4n) is 1.82. The van der Waals surface area contributed by atoms with Gasteiger partial charge >= 0.3 is 0 Å². The summed E-state index contributed by atoms with van der Waals surface area (Å²) in [7, 11) is 0. The Labute approximate surface area is 125 Å². The van der Waals surface area contributed by atoms with Gasteiger partial charge in [0, 0.05) is 5.92 Å². The molecule has 1 heterocycles. The van der Waals surface area contributed by atoms with Crippen LogP contribution in [-0.2, 0) is 11.5 Å². The monoisotopic (exact) mass is 309 g/mol. The zero-order chi connectivity index (χ0) is 14.8. The molecule has 110 valence electrons. The summed E-state index contributed by atoms with van der Waals surface area (Å²) in [4.78, 5) is 11.6. The summed E-state index contributed by atoms with van der Waals surface area (Å²) in [5.74, 6) is 0.119. The summed E-state index contributed by atoms with van der Waals surface area (Å²) >= 11 is 5.86. The summed E-state index contributed by atoms with van der Waals surface area (Å²) in [6.45, 7) is 0.116. The van der Waals surface area contributed by atoms with Crippen LogP contribution in [0.3, 0.4) is 0 Å². The quantitative estimate of drug-likeness (QED) is 0.923. The molecule has 3 rings (SSSR count). The predicted octanol–water partition coefficient (Wildman–Crippen LogP) is 3.06. The van der Waals surface area contributed by atoms with Crippen LogP contribution < -0.4 is 10.1 Å². The molecule has 7 heteroatoms. The number of amides is 1. The number of benzene rings is 1. The third kappa shape index (κ3) is 3.52. The lowest BCUT2D eigenvalue weighted by atomic mass is 10.3. The van der Waals surface area contributed by atoms with Gasteiger partial charge in [0.05, 0.1) is 23.1 Å². The molecular formula is C14H13ClFN3O2. The van der Waals surface area contributed by atoms with Gasteiger partial charge in [-0.3, -0.25) is 4.79 Å². The van der Waals surface area contributed by atoms with E-state index in [0.29, 0.717) is 11.4 Å². The van der Waals surface area contributed by atoms with E-state index < -0.39 is 5.82 Å². The third-order valence-electron chi connectivity index (χ3n) is 3.10. The lowest BCUT2D eigenvalue weighted by molar-refractivity contribution is -0.117. The van der Waals surface area contributed by atoms with Crippen molar-refractivity contribution < 1.29 is 13.9 Å². The summed E-state index contributed by atoms with van der Waals surface area (Å²) in [6, 6.07) is 3.91. The number of rotatable bonds is 5. The number of nitrogens with zero attached hydrogens (tertiary/aromatic N) is 2. The fraction of sp³-hybridized carbons (Fsp3) is 0.286. The van der Waals surface area contributed by atoms with Crippen LogP contribution in [0.25, 0.3) is 0 Å². The molecule has 1 aliphatic carbocycles. The van der Waals surface area contributed by atoms with Gasteiger partial charge in [0.2, 0.25) is 5.91 Å². The van der Waals surface area contributed by atoms with Gasteiger partial charge in [0.15, 0.2) is 6.73 Å². The molecule has 1 aromatic carbocycles. The standard InChI is InChI=1S/C14H13ClFN3O2/c15-12-5-10(16)3-4-13(12)21-8-19-7-11(6-17-19)18-14(20)9-1-2-9/h3-7,9H,1-2,8H2,(H,18,20). The second kappa shape index (κ2) is 5.73. The molecule has 0 bridgehead atoms. The maximum atomic E-state index is 12.9. The van der Waals surface area contributed by atoms with Crippen LogP contribution in [0.15, 0.2) is 30.6 Å². The van der Waals surface area contributed by atoms with E-state index in [0.717, 1.165) is 12.8 Å². The average Bonchev–Trinajstić information content (AvgIpc) is 3.20. The van der Waals surface area contributed by atoms with Crippen molar-refractivity contribution in [2.45, 2.75) is 19.6 Å². The second-order valence-electron chi connectivity index (χ2n) is 4.88. The van der Waals surface area contributed by atoms with Gasteiger partial charge in [0.1, 0.15) is 11.6 Å². The molecule has 5 nitrogen and oxygen atoms in total. The fourth-order valence-corrected chi connectivity index (χ4v) is 2.04. The molecule has 0 spiro atoms. The lowest BCUT2D eigenvalue weighted by Crippen LogP contribution is -2.12. The molecule has 21 heavy (non-hydrogen) atoms. The minimum absolute atomic E-state index is 0.0250. The Bertz CT molecular complexity index is 670. The molecule has 0 radical (unpaired) electrons. The molecule has 1 saturated carbocycles. The summed E-state index contributed by atoms with van der Waals surface area (Å²) in [5, 5.41) is 7.06. The zero-order valence-corrected chi connectivity index (χ0v) is 11.8. The highest BCUT2D eigenvalue weighted by atomic mass is 35.5. The largest absolute Gasteiger partial charge is 0.470 e. The Kier molecular flexibility index (Phi) is 3.79. The first kappa shape index (κ1) is 13.9. The number of hydrogen-bond donors (Lipinski definition) is 1. The van der Waals surface area contributed by atoms with Crippen molar-refractivity contribution >= 4 is 23.2 Å². The molecule has 1 aromatic heterocycles.